The summed E-state index contributed by atoms with van der Waals surface area (Å²) in [6.07, 6.45) is -1.05. The van der Waals surface area contributed by atoms with Crippen molar-refractivity contribution in [3.63, 3.8) is 0 Å². The number of nitrogens with zero attached hydrogens (tertiary/aromatic N) is 1. The van der Waals surface area contributed by atoms with Gasteiger partial charge in [0.25, 0.3) is 5.56 Å². The summed E-state index contributed by atoms with van der Waals surface area (Å²) < 4.78 is 26.7. The normalized spacial score (nSPS) is 20.7. The van der Waals surface area contributed by atoms with Crippen LogP contribution in [0.3, 0.4) is 0 Å². The Morgan fingerprint density at radius 1 is 0.744 bits per heavy atom. The third kappa shape index (κ3) is 6.79. The van der Waals surface area contributed by atoms with Crippen LogP contribution in [0.2, 0.25) is 0 Å². The number of benzene rings is 3. The molecule has 8 nitrogen and oxygen atoms in total. The first-order chi connectivity index (χ1) is 19.1. The van der Waals surface area contributed by atoms with Crippen molar-refractivity contribution < 1.29 is 18.9 Å². The van der Waals surface area contributed by atoms with Gasteiger partial charge in [-0.3, -0.25) is 14.3 Å². The van der Waals surface area contributed by atoms with E-state index in [2.05, 4.69) is 4.98 Å². The van der Waals surface area contributed by atoms with Gasteiger partial charge in [0.05, 0.1) is 26.4 Å². The second-order valence-electron chi connectivity index (χ2n) is 9.57. The largest absolute Gasteiger partial charge is 0.374 e. The van der Waals surface area contributed by atoms with Crippen LogP contribution in [-0.2, 0) is 38.8 Å². The van der Waals surface area contributed by atoms with Gasteiger partial charge in [-0.05, 0) is 23.6 Å². The third-order valence-electron chi connectivity index (χ3n) is 6.67. The van der Waals surface area contributed by atoms with E-state index in [0.29, 0.717) is 25.4 Å². The lowest BCUT2D eigenvalue weighted by atomic mass is 10.1. The molecule has 0 spiro atoms. The zero-order valence-corrected chi connectivity index (χ0v) is 21.8. The van der Waals surface area contributed by atoms with Crippen molar-refractivity contribution in [2.24, 2.45) is 0 Å². The molecule has 1 N–H and O–H groups in total. The number of hydrogen-bond donors (Lipinski definition) is 1. The molecule has 0 saturated carbocycles. The number of H-pyrrole nitrogens is 1. The number of aryl methyl sites for hydroxylation is 1. The Morgan fingerprint density at radius 3 is 1.82 bits per heavy atom. The molecule has 8 heteroatoms. The molecule has 2 heterocycles. The number of ether oxygens (including phenoxy) is 4. The van der Waals surface area contributed by atoms with Crippen LogP contribution in [0.5, 0.6) is 0 Å². The average molecular weight is 529 g/mol. The van der Waals surface area contributed by atoms with E-state index in [4.69, 9.17) is 18.9 Å². The Hall–Kier alpha value is -3.82. The minimum absolute atomic E-state index is 0.229. The van der Waals surface area contributed by atoms with E-state index >= 15 is 0 Å². The summed E-state index contributed by atoms with van der Waals surface area (Å²) in [5.41, 5.74) is 2.41. The highest BCUT2D eigenvalue weighted by Gasteiger charge is 2.48. The van der Waals surface area contributed by atoms with Crippen LogP contribution < -0.4 is 11.2 Å². The maximum absolute atomic E-state index is 12.9. The van der Waals surface area contributed by atoms with Crippen LogP contribution in [0, 0.1) is 6.92 Å². The Balaban J connectivity index is 1.43. The van der Waals surface area contributed by atoms with Gasteiger partial charge in [0.15, 0.2) is 6.23 Å². The van der Waals surface area contributed by atoms with Crippen LogP contribution in [0.1, 0.15) is 28.5 Å². The van der Waals surface area contributed by atoms with Gasteiger partial charge < -0.3 is 18.9 Å². The highest BCUT2D eigenvalue weighted by Crippen LogP contribution is 2.34. The Kier molecular flexibility index (Phi) is 8.80. The predicted octanol–water partition coefficient (Wildman–Crippen LogP) is 4.13. The average Bonchev–Trinajstić information content (AvgIpc) is 3.31. The van der Waals surface area contributed by atoms with E-state index in [0.717, 1.165) is 16.7 Å². The predicted molar refractivity (Wildman–Crippen MR) is 146 cm³/mol. The molecule has 0 amide bonds. The SMILES string of the molecule is Cc1cn([C@@H]2O[C@H](COCc3ccccc3)[C@@H](OCc3ccccc3)[C@H]2OCc2ccccc2)c(=O)[nH]c1=O. The highest BCUT2D eigenvalue weighted by atomic mass is 16.6. The number of rotatable bonds is 11. The number of hydrogen-bond acceptors (Lipinski definition) is 6. The minimum atomic E-state index is -0.831. The van der Waals surface area contributed by atoms with Gasteiger partial charge in [-0.25, -0.2) is 4.79 Å². The van der Waals surface area contributed by atoms with E-state index < -0.39 is 35.8 Å². The van der Waals surface area contributed by atoms with E-state index in [-0.39, 0.29) is 6.61 Å². The molecule has 1 saturated heterocycles. The quantitative estimate of drug-likeness (QED) is 0.315. The lowest BCUT2D eigenvalue weighted by Crippen LogP contribution is -2.41. The molecular formula is C31H32N2O6. The fourth-order valence-electron chi connectivity index (χ4n) is 4.62. The summed E-state index contributed by atoms with van der Waals surface area (Å²) in [5.74, 6) is 0. The lowest BCUT2D eigenvalue weighted by molar-refractivity contribution is -0.0921. The second-order valence-corrected chi connectivity index (χ2v) is 9.57. The van der Waals surface area contributed by atoms with Crippen LogP contribution in [0.25, 0.3) is 0 Å². The standard InChI is InChI=1S/C31H32N2O6/c1-22-17-33(31(35)32-29(22)34)30-28(38-20-25-15-9-4-10-16-25)27(37-19-24-13-7-3-8-14-24)26(39-30)21-36-18-23-11-5-2-6-12-23/h2-17,26-28,30H,18-21H2,1H3,(H,32,34,35)/t26-,27-,28-,30-/m1/s1. The van der Waals surface area contributed by atoms with E-state index in [1.54, 1.807) is 6.92 Å². The van der Waals surface area contributed by atoms with Crippen molar-refractivity contribution in [2.75, 3.05) is 6.61 Å². The summed E-state index contributed by atoms with van der Waals surface area (Å²) in [6.45, 7) is 2.91. The van der Waals surface area contributed by atoms with Crippen molar-refractivity contribution in [3.05, 3.63) is 140 Å². The van der Waals surface area contributed by atoms with Gasteiger partial charge in [-0.15, -0.1) is 0 Å². The molecule has 39 heavy (non-hydrogen) atoms. The van der Waals surface area contributed by atoms with Crippen LogP contribution >= 0.6 is 0 Å². The molecule has 1 aliphatic heterocycles. The van der Waals surface area contributed by atoms with Crippen molar-refractivity contribution in [2.45, 2.75) is 51.3 Å². The van der Waals surface area contributed by atoms with Crippen LogP contribution in [0.4, 0.5) is 0 Å². The number of nitrogens with one attached hydrogen (secondary N) is 1. The minimum Gasteiger partial charge on any atom is -0.374 e. The molecule has 0 bridgehead atoms. The van der Waals surface area contributed by atoms with E-state index in [1.165, 1.54) is 10.8 Å². The molecule has 0 unspecified atom stereocenters. The summed E-state index contributed by atoms with van der Waals surface area (Å²) >= 11 is 0. The molecule has 202 valence electrons. The molecule has 5 rings (SSSR count). The van der Waals surface area contributed by atoms with Crippen molar-refractivity contribution >= 4 is 0 Å². The van der Waals surface area contributed by atoms with Crippen molar-refractivity contribution in [3.8, 4) is 0 Å². The van der Waals surface area contributed by atoms with Gasteiger partial charge in [0.1, 0.15) is 18.3 Å². The van der Waals surface area contributed by atoms with Gasteiger partial charge in [-0.1, -0.05) is 91.0 Å². The second kappa shape index (κ2) is 12.8. The molecule has 0 aliphatic carbocycles. The molecule has 3 aromatic carbocycles. The van der Waals surface area contributed by atoms with Crippen molar-refractivity contribution in [1.29, 1.82) is 0 Å². The Bertz CT molecular complexity index is 1440. The molecular weight excluding hydrogens is 496 g/mol. The third-order valence-corrected chi connectivity index (χ3v) is 6.67. The van der Waals surface area contributed by atoms with Gasteiger partial charge in [0.2, 0.25) is 0 Å². The van der Waals surface area contributed by atoms with Gasteiger partial charge in [0, 0.05) is 11.8 Å². The maximum Gasteiger partial charge on any atom is 0.330 e. The van der Waals surface area contributed by atoms with Gasteiger partial charge >= 0.3 is 5.69 Å². The topological polar surface area (TPSA) is 91.8 Å². The van der Waals surface area contributed by atoms with Gasteiger partial charge in [-0.2, -0.15) is 0 Å². The molecule has 0 radical (unpaired) electrons. The fraction of sp³-hybridized carbons (Fsp3) is 0.290. The number of aromatic nitrogens is 2. The zero-order valence-electron chi connectivity index (χ0n) is 21.8. The Morgan fingerprint density at radius 2 is 1.26 bits per heavy atom. The highest BCUT2D eigenvalue weighted by molar-refractivity contribution is 5.15. The summed E-state index contributed by atoms with van der Waals surface area (Å²) in [6, 6.07) is 29.5. The molecule has 1 aliphatic rings. The van der Waals surface area contributed by atoms with Crippen LogP contribution in [-0.4, -0.2) is 34.5 Å². The first-order valence-corrected chi connectivity index (χ1v) is 13.0. The lowest BCUT2D eigenvalue weighted by Gasteiger charge is -2.25. The molecule has 1 aromatic heterocycles. The van der Waals surface area contributed by atoms with E-state index in [9.17, 15) is 9.59 Å². The molecule has 4 atom stereocenters. The van der Waals surface area contributed by atoms with E-state index in [1.807, 2.05) is 91.0 Å². The molecule has 1 fully saturated rings. The summed E-state index contributed by atoms with van der Waals surface area (Å²) in [4.78, 5) is 27.3. The smallest absolute Gasteiger partial charge is 0.330 e. The Labute approximate surface area is 226 Å². The maximum atomic E-state index is 12.9. The number of aromatic amines is 1. The monoisotopic (exact) mass is 528 g/mol. The zero-order chi connectivity index (χ0) is 27.0. The fourth-order valence-corrected chi connectivity index (χ4v) is 4.62. The van der Waals surface area contributed by atoms with Crippen LogP contribution in [0.15, 0.2) is 107 Å². The van der Waals surface area contributed by atoms with Crippen molar-refractivity contribution in [1.82, 2.24) is 9.55 Å². The first-order valence-electron chi connectivity index (χ1n) is 13.0. The summed E-state index contributed by atoms with van der Waals surface area (Å²) in [7, 11) is 0. The summed E-state index contributed by atoms with van der Waals surface area (Å²) in [5, 5.41) is 0. The molecule has 4 aromatic rings. The first kappa shape index (κ1) is 26.8.